The van der Waals surface area contributed by atoms with E-state index in [1.165, 1.54) is 0 Å². The van der Waals surface area contributed by atoms with Crippen molar-refractivity contribution in [2.75, 3.05) is 20.2 Å². The summed E-state index contributed by atoms with van der Waals surface area (Å²) in [6.45, 7) is 1.20. The van der Waals surface area contributed by atoms with Crippen molar-refractivity contribution in [2.24, 2.45) is 0 Å². The first-order valence-electron chi connectivity index (χ1n) is 8.11. The van der Waals surface area contributed by atoms with Crippen LogP contribution in [0.5, 0.6) is 11.6 Å². The third-order valence-corrected chi connectivity index (χ3v) is 4.16. The zero-order chi connectivity index (χ0) is 17.6. The number of likely N-dealkylation sites (tertiary alicyclic amines) is 1. The van der Waals surface area contributed by atoms with E-state index < -0.39 is 0 Å². The van der Waals surface area contributed by atoms with Gasteiger partial charge in [0, 0.05) is 25.2 Å². The third kappa shape index (κ3) is 4.27. The molecule has 1 aliphatic rings. The molecular formula is C19H19N3O3. The van der Waals surface area contributed by atoms with Gasteiger partial charge in [0.15, 0.2) is 0 Å². The number of nitrogens with zero attached hydrogens (tertiary/aromatic N) is 3. The summed E-state index contributed by atoms with van der Waals surface area (Å²) in [4.78, 5) is 18.4. The van der Waals surface area contributed by atoms with Crippen LogP contribution in [-0.4, -0.2) is 42.1 Å². The molecule has 0 N–H and O–H groups in total. The van der Waals surface area contributed by atoms with Crippen molar-refractivity contribution >= 4 is 5.91 Å². The molecule has 1 atom stereocenters. The molecule has 1 aromatic heterocycles. The molecule has 1 unspecified atom stereocenters. The summed E-state index contributed by atoms with van der Waals surface area (Å²) in [6.07, 6.45) is 2.57. The number of methoxy groups -OCH3 is 1. The van der Waals surface area contributed by atoms with Crippen molar-refractivity contribution in [2.45, 2.75) is 18.9 Å². The van der Waals surface area contributed by atoms with Gasteiger partial charge in [-0.05, 0) is 23.8 Å². The molecule has 6 heteroatoms. The van der Waals surface area contributed by atoms with Gasteiger partial charge in [0.25, 0.3) is 0 Å². The van der Waals surface area contributed by atoms with Gasteiger partial charge < -0.3 is 14.4 Å². The van der Waals surface area contributed by atoms with Crippen LogP contribution in [-0.2, 0) is 11.2 Å². The zero-order valence-corrected chi connectivity index (χ0v) is 14.0. The molecule has 25 heavy (non-hydrogen) atoms. The van der Waals surface area contributed by atoms with Crippen molar-refractivity contribution in [3.05, 3.63) is 53.7 Å². The van der Waals surface area contributed by atoms with E-state index in [-0.39, 0.29) is 12.0 Å². The first-order chi connectivity index (χ1) is 12.2. The number of carbonyl (C=O) groups is 1. The van der Waals surface area contributed by atoms with Crippen molar-refractivity contribution < 1.29 is 14.3 Å². The number of rotatable bonds is 5. The molecule has 1 amide bonds. The topological polar surface area (TPSA) is 75.4 Å². The van der Waals surface area contributed by atoms with E-state index in [1.54, 1.807) is 25.4 Å². The minimum Gasteiger partial charge on any atom is -0.497 e. The lowest BCUT2D eigenvalue weighted by Crippen LogP contribution is -2.32. The Morgan fingerprint density at radius 3 is 2.88 bits per heavy atom. The molecule has 0 spiro atoms. The van der Waals surface area contributed by atoms with Gasteiger partial charge in [-0.1, -0.05) is 12.1 Å². The van der Waals surface area contributed by atoms with E-state index in [2.05, 4.69) is 11.1 Å². The van der Waals surface area contributed by atoms with Crippen molar-refractivity contribution in [3.8, 4) is 17.7 Å². The van der Waals surface area contributed by atoms with Crippen LogP contribution in [0.1, 0.15) is 17.5 Å². The van der Waals surface area contributed by atoms with Gasteiger partial charge in [-0.15, -0.1) is 0 Å². The summed E-state index contributed by atoms with van der Waals surface area (Å²) in [5.41, 5.74) is 1.47. The van der Waals surface area contributed by atoms with Gasteiger partial charge in [0.2, 0.25) is 11.8 Å². The normalized spacial score (nSPS) is 16.3. The lowest BCUT2D eigenvalue weighted by molar-refractivity contribution is -0.129. The lowest BCUT2D eigenvalue weighted by Gasteiger charge is -2.17. The Balaban J connectivity index is 1.54. The van der Waals surface area contributed by atoms with Crippen LogP contribution in [0, 0.1) is 11.3 Å². The summed E-state index contributed by atoms with van der Waals surface area (Å²) in [6, 6.07) is 12.8. The molecular weight excluding hydrogens is 318 g/mol. The number of hydrogen-bond donors (Lipinski definition) is 0. The van der Waals surface area contributed by atoms with Crippen LogP contribution >= 0.6 is 0 Å². The van der Waals surface area contributed by atoms with Crippen LogP contribution < -0.4 is 9.47 Å². The average molecular weight is 337 g/mol. The number of hydrogen-bond acceptors (Lipinski definition) is 5. The number of amides is 1. The Morgan fingerprint density at radius 1 is 1.36 bits per heavy atom. The lowest BCUT2D eigenvalue weighted by atomic mass is 10.1. The zero-order valence-electron chi connectivity index (χ0n) is 14.0. The molecule has 1 aromatic carbocycles. The van der Waals surface area contributed by atoms with E-state index in [4.69, 9.17) is 14.7 Å². The molecule has 1 fully saturated rings. The number of aromatic nitrogens is 1. The van der Waals surface area contributed by atoms with Gasteiger partial charge >= 0.3 is 0 Å². The fourth-order valence-corrected chi connectivity index (χ4v) is 2.79. The van der Waals surface area contributed by atoms with E-state index in [0.29, 0.717) is 31.0 Å². The summed E-state index contributed by atoms with van der Waals surface area (Å²) in [7, 11) is 1.62. The van der Waals surface area contributed by atoms with E-state index in [9.17, 15) is 4.79 Å². The van der Waals surface area contributed by atoms with Gasteiger partial charge in [-0.3, -0.25) is 4.79 Å². The predicted molar refractivity (Wildman–Crippen MR) is 91.3 cm³/mol. The number of benzene rings is 1. The molecule has 0 aliphatic carbocycles. The van der Waals surface area contributed by atoms with Crippen molar-refractivity contribution in [3.63, 3.8) is 0 Å². The van der Waals surface area contributed by atoms with Gasteiger partial charge in [-0.2, -0.15) is 5.26 Å². The quantitative estimate of drug-likeness (QED) is 0.836. The average Bonchev–Trinajstić information content (AvgIpc) is 3.11. The third-order valence-electron chi connectivity index (χ3n) is 4.16. The summed E-state index contributed by atoms with van der Waals surface area (Å²) in [5.74, 6) is 1.28. The summed E-state index contributed by atoms with van der Waals surface area (Å²) >= 11 is 0. The predicted octanol–water partition coefficient (Wildman–Crippen LogP) is 2.18. The largest absolute Gasteiger partial charge is 0.497 e. The molecule has 0 radical (unpaired) electrons. The monoisotopic (exact) mass is 337 g/mol. The number of pyridine rings is 1. The number of nitriles is 1. The minimum absolute atomic E-state index is 0.0787. The van der Waals surface area contributed by atoms with Crippen LogP contribution in [0.15, 0.2) is 42.6 Å². The summed E-state index contributed by atoms with van der Waals surface area (Å²) < 4.78 is 10.9. The van der Waals surface area contributed by atoms with E-state index in [1.807, 2.05) is 29.2 Å². The SMILES string of the molecule is COc1ccc(CC(=O)N2CCC(Oc3cc(C#N)ccn3)C2)cc1. The first kappa shape index (κ1) is 16.8. The molecule has 6 nitrogen and oxygen atoms in total. The van der Waals surface area contributed by atoms with Gasteiger partial charge in [0.1, 0.15) is 11.9 Å². The second-order valence-electron chi connectivity index (χ2n) is 5.89. The fraction of sp³-hybridized carbons (Fsp3) is 0.316. The highest BCUT2D eigenvalue weighted by Gasteiger charge is 2.27. The number of ether oxygens (including phenoxy) is 2. The minimum atomic E-state index is -0.0961. The molecule has 2 aromatic rings. The van der Waals surface area contributed by atoms with Crippen LogP contribution in [0.25, 0.3) is 0 Å². The Hall–Kier alpha value is -3.07. The highest BCUT2D eigenvalue weighted by atomic mass is 16.5. The fourth-order valence-electron chi connectivity index (χ4n) is 2.79. The highest BCUT2D eigenvalue weighted by Crippen LogP contribution is 2.19. The second-order valence-corrected chi connectivity index (χ2v) is 5.89. The highest BCUT2D eigenvalue weighted by molar-refractivity contribution is 5.79. The molecule has 0 saturated carbocycles. The summed E-state index contributed by atoms with van der Waals surface area (Å²) in [5, 5.41) is 8.92. The molecule has 3 rings (SSSR count). The van der Waals surface area contributed by atoms with Gasteiger partial charge in [0.05, 0.1) is 31.7 Å². The Labute approximate surface area is 146 Å². The van der Waals surface area contributed by atoms with Crippen LogP contribution in [0.3, 0.4) is 0 Å². The maximum atomic E-state index is 12.4. The van der Waals surface area contributed by atoms with Crippen LogP contribution in [0.4, 0.5) is 0 Å². The second kappa shape index (κ2) is 7.67. The van der Waals surface area contributed by atoms with Crippen molar-refractivity contribution in [1.82, 2.24) is 9.88 Å². The number of carbonyl (C=O) groups excluding carboxylic acids is 1. The first-order valence-corrected chi connectivity index (χ1v) is 8.11. The van der Waals surface area contributed by atoms with Crippen molar-refractivity contribution in [1.29, 1.82) is 5.26 Å². The Kier molecular flexibility index (Phi) is 5.14. The molecule has 0 bridgehead atoms. The van der Waals surface area contributed by atoms with E-state index >= 15 is 0 Å². The maximum Gasteiger partial charge on any atom is 0.227 e. The maximum absolute atomic E-state index is 12.4. The Morgan fingerprint density at radius 2 is 2.16 bits per heavy atom. The molecule has 128 valence electrons. The van der Waals surface area contributed by atoms with Gasteiger partial charge in [-0.25, -0.2) is 4.98 Å². The van der Waals surface area contributed by atoms with Crippen LogP contribution in [0.2, 0.25) is 0 Å². The molecule has 1 saturated heterocycles. The smallest absolute Gasteiger partial charge is 0.227 e. The van der Waals surface area contributed by atoms with E-state index in [0.717, 1.165) is 17.7 Å². The Bertz CT molecular complexity index is 783. The standard InChI is InChI=1S/C19H19N3O3/c1-24-16-4-2-14(3-5-16)11-19(23)22-9-7-17(13-22)25-18-10-15(12-20)6-8-21-18/h2-6,8,10,17H,7,9,11,13H2,1H3. The molecule has 1 aliphatic heterocycles. The molecule has 2 heterocycles.